The predicted molar refractivity (Wildman–Crippen MR) is 92.8 cm³/mol. The number of aromatic nitrogens is 1. The third-order valence-electron chi connectivity index (χ3n) is 3.60. The summed E-state index contributed by atoms with van der Waals surface area (Å²) in [6, 6.07) is 6.89. The zero-order valence-corrected chi connectivity index (χ0v) is 14.2. The Morgan fingerprint density at radius 1 is 1.15 bits per heavy atom. The van der Waals surface area contributed by atoms with E-state index >= 15 is 0 Å². The molecule has 0 saturated heterocycles. The van der Waals surface area contributed by atoms with Crippen LogP contribution in [-0.4, -0.2) is 15.0 Å². The van der Waals surface area contributed by atoms with Gasteiger partial charge in [-0.25, -0.2) is 0 Å². The maximum atomic E-state index is 13.3. The molecule has 0 fully saturated rings. The lowest BCUT2D eigenvalue weighted by Crippen LogP contribution is -2.07. The number of phenols is 1. The Kier molecular flexibility index (Phi) is 5.29. The standard InChI is InChI=1S/C16H8ClF3N2O3.ClH/c17-11-7-12(22(24)25)13(8-1-3-9(23)4-2-8)15-14(11)10(5-6-21-15)16(18,19)20;/h1-7,23H;1H. The zero-order chi connectivity index (χ0) is 18.4. The van der Waals surface area contributed by atoms with Gasteiger partial charge in [0.2, 0.25) is 0 Å². The van der Waals surface area contributed by atoms with Crippen LogP contribution in [0.5, 0.6) is 5.75 Å². The number of alkyl halides is 3. The summed E-state index contributed by atoms with van der Waals surface area (Å²) in [6.45, 7) is 0. The van der Waals surface area contributed by atoms with Crippen molar-refractivity contribution in [1.29, 1.82) is 0 Å². The lowest BCUT2D eigenvalue weighted by molar-refractivity contribution is -0.384. The lowest BCUT2D eigenvalue weighted by atomic mass is 9.97. The average Bonchev–Trinajstić information content (AvgIpc) is 2.54. The fraction of sp³-hybridized carbons (Fsp3) is 0.0625. The first-order valence-electron chi connectivity index (χ1n) is 6.82. The number of phenolic OH excluding ortho intramolecular Hbond substituents is 1. The number of benzene rings is 2. The van der Waals surface area contributed by atoms with Crippen molar-refractivity contribution in [2.24, 2.45) is 0 Å². The molecule has 0 aliphatic carbocycles. The Morgan fingerprint density at radius 3 is 2.31 bits per heavy atom. The molecule has 3 rings (SSSR count). The maximum absolute atomic E-state index is 13.3. The highest BCUT2D eigenvalue weighted by Crippen LogP contribution is 2.44. The molecule has 0 saturated carbocycles. The van der Waals surface area contributed by atoms with E-state index in [-0.39, 0.29) is 34.8 Å². The molecule has 26 heavy (non-hydrogen) atoms. The van der Waals surface area contributed by atoms with Crippen molar-refractivity contribution < 1.29 is 23.2 Å². The molecule has 0 aliphatic rings. The first kappa shape index (κ1) is 19.7. The number of hydrogen-bond acceptors (Lipinski definition) is 4. The molecule has 1 N–H and O–H groups in total. The number of pyridine rings is 1. The Balaban J connectivity index is 0.00000243. The highest BCUT2D eigenvalue weighted by Gasteiger charge is 2.35. The van der Waals surface area contributed by atoms with Gasteiger partial charge in [-0.3, -0.25) is 15.1 Å². The second-order valence-electron chi connectivity index (χ2n) is 5.14. The van der Waals surface area contributed by atoms with Gasteiger partial charge < -0.3 is 5.11 Å². The van der Waals surface area contributed by atoms with E-state index in [2.05, 4.69) is 4.98 Å². The highest BCUT2D eigenvalue weighted by atomic mass is 35.5. The molecule has 2 aromatic carbocycles. The fourth-order valence-corrected chi connectivity index (χ4v) is 2.87. The lowest BCUT2D eigenvalue weighted by Gasteiger charge is -2.14. The van der Waals surface area contributed by atoms with Crippen LogP contribution in [0.3, 0.4) is 0 Å². The molecule has 0 aliphatic heterocycles. The summed E-state index contributed by atoms with van der Waals surface area (Å²) in [6.07, 6.45) is -3.78. The second-order valence-corrected chi connectivity index (χ2v) is 5.54. The summed E-state index contributed by atoms with van der Waals surface area (Å²) in [7, 11) is 0. The van der Waals surface area contributed by atoms with E-state index in [1.165, 1.54) is 24.3 Å². The van der Waals surface area contributed by atoms with E-state index in [0.29, 0.717) is 0 Å². The molecule has 3 aromatic rings. The summed E-state index contributed by atoms with van der Waals surface area (Å²) in [5.41, 5.74) is -1.61. The summed E-state index contributed by atoms with van der Waals surface area (Å²) in [5, 5.41) is 19.9. The fourth-order valence-electron chi connectivity index (χ4n) is 2.57. The quantitative estimate of drug-likeness (QED) is 0.444. The Morgan fingerprint density at radius 2 is 1.77 bits per heavy atom. The van der Waals surface area contributed by atoms with Crippen molar-refractivity contribution in [2.75, 3.05) is 0 Å². The van der Waals surface area contributed by atoms with Gasteiger partial charge in [-0.2, -0.15) is 13.2 Å². The molecule has 0 radical (unpaired) electrons. The third kappa shape index (κ3) is 3.38. The van der Waals surface area contributed by atoms with E-state index in [9.17, 15) is 28.4 Å². The molecular formula is C16H9Cl2F3N2O3. The first-order valence-corrected chi connectivity index (χ1v) is 7.20. The molecule has 5 nitrogen and oxygen atoms in total. The molecule has 1 aromatic heterocycles. The number of nitro benzene ring substituents is 1. The van der Waals surface area contributed by atoms with Crippen LogP contribution in [0.25, 0.3) is 22.0 Å². The van der Waals surface area contributed by atoms with Gasteiger partial charge in [-0.15, -0.1) is 12.4 Å². The van der Waals surface area contributed by atoms with Crippen LogP contribution in [0.1, 0.15) is 5.56 Å². The largest absolute Gasteiger partial charge is 0.508 e. The Bertz CT molecular complexity index is 993. The molecule has 10 heteroatoms. The van der Waals surface area contributed by atoms with Crippen molar-refractivity contribution in [3.63, 3.8) is 0 Å². The third-order valence-corrected chi connectivity index (χ3v) is 3.90. The maximum Gasteiger partial charge on any atom is 0.417 e. The van der Waals surface area contributed by atoms with Crippen molar-refractivity contribution >= 4 is 40.6 Å². The molecule has 0 unspecified atom stereocenters. The average molecular weight is 405 g/mol. The number of rotatable bonds is 2. The van der Waals surface area contributed by atoms with Gasteiger partial charge in [0.05, 0.1) is 26.6 Å². The van der Waals surface area contributed by atoms with Crippen molar-refractivity contribution in [3.8, 4) is 16.9 Å². The molecule has 1 heterocycles. The minimum Gasteiger partial charge on any atom is -0.508 e. The van der Waals surface area contributed by atoms with E-state index in [0.717, 1.165) is 18.3 Å². The van der Waals surface area contributed by atoms with E-state index in [4.69, 9.17) is 11.6 Å². The number of fused-ring (bicyclic) bond motifs is 1. The monoisotopic (exact) mass is 404 g/mol. The van der Waals surface area contributed by atoms with Crippen LogP contribution in [0.2, 0.25) is 5.02 Å². The molecule has 0 amide bonds. The minimum atomic E-state index is -4.70. The van der Waals surface area contributed by atoms with E-state index in [1.807, 2.05) is 0 Å². The van der Waals surface area contributed by atoms with Gasteiger partial charge in [-0.1, -0.05) is 23.7 Å². The van der Waals surface area contributed by atoms with Crippen LogP contribution < -0.4 is 0 Å². The van der Waals surface area contributed by atoms with E-state index in [1.54, 1.807) is 0 Å². The van der Waals surface area contributed by atoms with Crippen molar-refractivity contribution in [3.05, 3.63) is 63.3 Å². The van der Waals surface area contributed by atoms with Crippen molar-refractivity contribution in [2.45, 2.75) is 6.18 Å². The van der Waals surface area contributed by atoms with Crippen molar-refractivity contribution in [1.82, 2.24) is 4.98 Å². The van der Waals surface area contributed by atoms with Crippen LogP contribution in [-0.2, 0) is 6.18 Å². The molecule has 0 spiro atoms. The summed E-state index contributed by atoms with van der Waals surface area (Å²) >= 11 is 5.92. The number of aromatic hydroxyl groups is 1. The van der Waals surface area contributed by atoms with Crippen LogP contribution in [0.15, 0.2) is 42.6 Å². The van der Waals surface area contributed by atoms with Gasteiger partial charge in [-0.05, 0) is 23.8 Å². The van der Waals surface area contributed by atoms with Gasteiger partial charge in [0.15, 0.2) is 0 Å². The number of nitrogens with zero attached hydrogens (tertiary/aromatic N) is 2. The number of halogens is 5. The SMILES string of the molecule is Cl.O=[N+]([O-])c1cc(Cl)c2c(C(F)(F)F)ccnc2c1-c1ccc(O)cc1. The molecule has 136 valence electrons. The zero-order valence-electron chi connectivity index (χ0n) is 12.6. The van der Waals surface area contributed by atoms with Crippen LogP contribution >= 0.6 is 24.0 Å². The molecule has 0 atom stereocenters. The highest BCUT2D eigenvalue weighted by molar-refractivity contribution is 6.36. The molecule has 0 bridgehead atoms. The van der Waals surface area contributed by atoms with Gasteiger partial charge in [0.25, 0.3) is 5.69 Å². The predicted octanol–water partition coefficient (Wildman–Crippen LogP) is 5.61. The normalized spacial score (nSPS) is 11.2. The number of hydrogen-bond donors (Lipinski definition) is 1. The minimum absolute atomic E-state index is 0. The summed E-state index contributed by atoms with van der Waals surface area (Å²) < 4.78 is 39.9. The first-order chi connectivity index (χ1) is 11.7. The van der Waals surface area contributed by atoms with Gasteiger partial charge in [0, 0.05) is 17.6 Å². The summed E-state index contributed by atoms with van der Waals surface area (Å²) in [4.78, 5) is 14.6. The Labute approximate surface area is 155 Å². The van der Waals surface area contributed by atoms with Crippen LogP contribution in [0, 0.1) is 10.1 Å². The number of nitro groups is 1. The van der Waals surface area contributed by atoms with Crippen LogP contribution in [0.4, 0.5) is 18.9 Å². The van der Waals surface area contributed by atoms with Gasteiger partial charge >= 0.3 is 6.18 Å². The second kappa shape index (κ2) is 6.97. The topological polar surface area (TPSA) is 76.3 Å². The Hall–Kier alpha value is -2.58. The molecular weight excluding hydrogens is 396 g/mol. The summed E-state index contributed by atoms with van der Waals surface area (Å²) in [5.74, 6) is -0.0892. The van der Waals surface area contributed by atoms with Gasteiger partial charge in [0.1, 0.15) is 5.75 Å². The smallest absolute Gasteiger partial charge is 0.417 e. The van der Waals surface area contributed by atoms with E-state index < -0.39 is 32.8 Å².